The number of carboxylic acid groups (broad SMARTS) is 1. The molecule has 16 heavy (non-hydrogen) atoms. The summed E-state index contributed by atoms with van der Waals surface area (Å²) in [6, 6.07) is -1.36. The van der Waals surface area contributed by atoms with Crippen LogP contribution in [0.2, 0.25) is 0 Å². The van der Waals surface area contributed by atoms with Gasteiger partial charge in [-0.05, 0) is 18.8 Å². The number of nitrogens with one attached hydrogen (secondary N) is 1. The predicted molar refractivity (Wildman–Crippen MR) is 60.1 cm³/mol. The molecule has 0 aliphatic carbocycles. The summed E-state index contributed by atoms with van der Waals surface area (Å²) in [4.78, 5) is 22.2. The van der Waals surface area contributed by atoms with E-state index < -0.39 is 24.0 Å². The zero-order valence-electron chi connectivity index (χ0n) is 10.5. The van der Waals surface area contributed by atoms with Crippen LogP contribution >= 0.6 is 0 Å². The second-order valence-electron chi connectivity index (χ2n) is 5.07. The van der Waals surface area contributed by atoms with Crippen molar-refractivity contribution in [3.63, 3.8) is 0 Å². The second-order valence-corrected chi connectivity index (χ2v) is 5.07. The van der Waals surface area contributed by atoms with Crippen molar-refractivity contribution >= 4 is 11.9 Å². The van der Waals surface area contributed by atoms with Crippen molar-refractivity contribution in [1.82, 2.24) is 5.32 Å². The van der Waals surface area contributed by atoms with E-state index in [1.165, 1.54) is 7.11 Å². The predicted octanol–water partition coefficient (Wildman–Crippen LogP) is 1.03. The lowest BCUT2D eigenvalue weighted by atomic mass is 9.88. The van der Waals surface area contributed by atoms with E-state index in [-0.39, 0.29) is 5.41 Å². The molecule has 0 aromatic rings. The molecule has 0 aliphatic heterocycles. The number of carbonyl (C=O) groups excluding carboxylic acids is 1. The fourth-order valence-corrected chi connectivity index (χ4v) is 1.38. The average Bonchev–Trinajstić information content (AvgIpc) is 2.13. The maximum absolute atomic E-state index is 11.2. The molecular weight excluding hydrogens is 210 g/mol. The molecule has 0 rings (SSSR count). The normalized spacial score (nSPS) is 15.3. The van der Waals surface area contributed by atoms with Gasteiger partial charge >= 0.3 is 11.9 Å². The number of methoxy groups -OCH3 is 1. The minimum Gasteiger partial charge on any atom is -0.480 e. The Hall–Kier alpha value is -1.10. The summed E-state index contributed by atoms with van der Waals surface area (Å²) < 4.78 is 4.53. The number of rotatable bonds is 5. The summed E-state index contributed by atoms with van der Waals surface area (Å²) >= 11 is 0. The Bertz CT molecular complexity index is 257. The van der Waals surface area contributed by atoms with Crippen LogP contribution in [0.25, 0.3) is 0 Å². The Morgan fingerprint density at radius 1 is 1.38 bits per heavy atom. The highest BCUT2D eigenvalue weighted by molar-refractivity contribution is 5.78. The van der Waals surface area contributed by atoms with E-state index in [4.69, 9.17) is 5.11 Å². The summed E-state index contributed by atoms with van der Waals surface area (Å²) in [5.74, 6) is -1.41. The van der Waals surface area contributed by atoms with Crippen LogP contribution in [0.1, 0.15) is 34.1 Å². The van der Waals surface area contributed by atoms with Crippen molar-refractivity contribution in [3.05, 3.63) is 0 Å². The lowest BCUT2D eigenvalue weighted by molar-refractivity contribution is -0.145. The Kier molecular flexibility index (Phi) is 5.44. The molecular formula is C11H21NO4. The summed E-state index contributed by atoms with van der Waals surface area (Å²) in [7, 11) is 1.28. The van der Waals surface area contributed by atoms with Crippen molar-refractivity contribution in [2.24, 2.45) is 5.41 Å². The third-order valence-electron chi connectivity index (χ3n) is 2.12. The van der Waals surface area contributed by atoms with Crippen LogP contribution in [0.3, 0.4) is 0 Å². The van der Waals surface area contributed by atoms with E-state index >= 15 is 0 Å². The molecule has 0 aliphatic rings. The summed E-state index contributed by atoms with van der Waals surface area (Å²) in [6.45, 7) is 7.44. The van der Waals surface area contributed by atoms with E-state index in [2.05, 4.69) is 10.1 Å². The van der Waals surface area contributed by atoms with Crippen LogP contribution in [-0.4, -0.2) is 36.2 Å². The SMILES string of the molecule is COC(=O)[C@@H](C)N[C@@H](CC(C)(C)C)C(=O)O. The van der Waals surface area contributed by atoms with Gasteiger partial charge in [0.25, 0.3) is 0 Å². The molecule has 0 aromatic heterocycles. The molecule has 0 heterocycles. The largest absolute Gasteiger partial charge is 0.480 e. The van der Waals surface area contributed by atoms with Crippen LogP contribution < -0.4 is 5.32 Å². The second kappa shape index (κ2) is 5.84. The van der Waals surface area contributed by atoms with Crippen molar-refractivity contribution in [3.8, 4) is 0 Å². The Balaban J connectivity index is 4.46. The molecule has 0 saturated carbocycles. The van der Waals surface area contributed by atoms with Crippen LogP contribution in [0.5, 0.6) is 0 Å². The van der Waals surface area contributed by atoms with Crippen LogP contribution in [0.15, 0.2) is 0 Å². The number of esters is 1. The summed E-state index contributed by atoms with van der Waals surface area (Å²) in [5.41, 5.74) is -0.119. The molecule has 0 bridgehead atoms. The average molecular weight is 231 g/mol. The van der Waals surface area contributed by atoms with Gasteiger partial charge in [0, 0.05) is 0 Å². The maximum Gasteiger partial charge on any atom is 0.322 e. The number of hydrogen-bond donors (Lipinski definition) is 2. The Morgan fingerprint density at radius 3 is 2.19 bits per heavy atom. The van der Waals surface area contributed by atoms with Gasteiger partial charge in [-0.1, -0.05) is 20.8 Å². The first-order chi connectivity index (χ1) is 7.17. The molecule has 0 unspecified atom stereocenters. The lowest BCUT2D eigenvalue weighted by Crippen LogP contribution is -2.47. The topological polar surface area (TPSA) is 75.6 Å². The fraction of sp³-hybridized carbons (Fsp3) is 0.818. The van der Waals surface area contributed by atoms with Gasteiger partial charge in [0.15, 0.2) is 0 Å². The fourth-order valence-electron chi connectivity index (χ4n) is 1.38. The molecule has 0 spiro atoms. The molecule has 0 aromatic carbocycles. The standard InChI is InChI=1S/C11H21NO4/c1-7(10(15)16-5)12-8(9(13)14)6-11(2,3)4/h7-8,12H,6H2,1-5H3,(H,13,14)/t7-,8+/m1/s1. The van der Waals surface area contributed by atoms with Crippen LogP contribution in [0, 0.1) is 5.41 Å². The van der Waals surface area contributed by atoms with E-state index in [9.17, 15) is 9.59 Å². The first-order valence-corrected chi connectivity index (χ1v) is 5.24. The molecule has 0 amide bonds. The van der Waals surface area contributed by atoms with Gasteiger partial charge in [0.05, 0.1) is 7.11 Å². The number of carboxylic acids is 1. The van der Waals surface area contributed by atoms with Gasteiger partial charge in [-0.25, -0.2) is 0 Å². The van der Waals surface area contributed by atoms with Crippen molar-refractivity contribution < 1.29 is 19.4 Å². The smallest absolute Gasteiger partial charge is 0.322 e. The number of hydrogen-bond acceptors (Lipinski definition) is 4. The zero-order valence-corrected chi connectivity index (χ0v) is 10.5. The van der Waals surface area contributed by atoms with Gasteiger partial charge in [-0.2, -0.15) is 0 Å². The highest BCUT2D eigenvalue weighted by atomic mass is 16.5. The van der Waals surface area contributed by atoms with Crippen molar-refractivity contribution in [2.45, 2.75) is 46.2 Å². The molecule has 0 radical (unpaired) electrons. The third kappa shape index (κ3) is 5.70. The molecule has 5 nitrogen and oxygen atoms in total. The van der Waals surface area contributed by atoms with E-state index in [1.807, 2.05) is 20.8 Å². The van der Waals surface area contributed by atoms with Gasteiger partial charge in [0.2, 0.25) is 0 Å². The zero-order chi connectivity index (χ0) is 12.9. The lowest BCUT2D eigenvalue weighted by Gasteiger charge is -2.25. The van der Waals surface area contributed by atoms with E-state index in [1.54, 1.807) is 6.92 Å². The van der Waals surface area contributed by atoms with E-state index in [0.29, 0.717) is 6.42 Å². The van der Waals surface area contributed by atoms with Gasteiger partial charge in [0.1, 0.15) is 12.1 Å². The van der Waals surface area contributed by atoms with Gasteiger partial charge in [-0.3, -0.25) is 14.9 Å². The van der Waals surface area contributed by atoms with Gasteiger partial charge in [-0.15, -0.1) is 0 Å². The summed E-state index contributed by atoms with van der Waals surface area (Å²) in [6.07, 6.45) is 0.448. The van der Waals surface area contributed by atoms with E-state index in [0.717, 1.165) is 0 Å². The minimum absolute atomic E-state index is 0.119. The number of carbonyl (C=O) groups is 2. The third-order valence-corrected chi connectivity index (χ3v) is 2.12. The number of ether oxygens (including phenoxy) is 1. The van der Waals surface area contributed by atoms with Gasteiger partial charge < -0.3 is 9.84 Å². The van der Waals surface area contributed by atoms with Crippen molar-refractivity contribution in [1.29, 1.82) is 0 Å². The van der Waals surface area contributed by atoms with Crippen LogP contribution in [0.4, 0.5) is 0 Å². The first kappa shape index (κ1) is 14.9. The quantitative estimate of drug-likeness (QED) is 0.691. The first-order valence-electron chi connectivity index (χ1n) is 5.24. The van der Waals surface area contributed by atoms with Crippen LogP contribution in [-0.2, 0) is 14.3 Å². The summed E-state index contributed by atoms with van der Waals surface area (Å²) in [5, 5.41) is 11.8. The highest BCUT2D eigenvalue weighted by Crippen LogP contribution is 2.21. The monoisotopic (exact) mass is 231 g/mol. The Labute approximate surface area is 96.2 Å². The minimum atomic E-state index is -0.953. The molecule has 2 atom stereocenters. The molecule has 94 valence electrons. The number of aliphatic carboxylic acids is 1. The van der Waals surface area contributed by atoms with Crippen molar-refractivity contribution in [2.75, 3.05) is 7.11 Å². The molecule has 0 saturated heterocycles. The molecule has 2 N–H and O–H groups in total. The highest BCUT2D eigenvalue weighted by Gasteiger charge is 2.27. The Morgan fingerprint density at radius 2 is 1.88 bits per heavy atom. The molecule has 0 fully saturated rings. The molecule has 5 heteroatoms. The maximum atomic E-state index is 11.2.